The second-order valence-corrected chi connectivity index (χ2v) is 6.05. The maximum Gasteiger partial charge on any atom is 0.340 e. The van der Waals surface area contributed by atoms with Crippen LogP contribution in [0.1, 0.15) is 12.8 Å². The van der Waals surface area contributed by atoms with E-state index in [1.165, 1.54) is 17.5 Å². The number of halogens is 4. The van der Waals surface area contributed by atoms with Gasteiger partial charge < -0.3 is 10.1 Å². The molecule has 1 aliphatic carbocycles. The van der Waals surface area contributed by atoms with Crippen molar-refractivity contribution in [1.29, 1.82) is 0 Å². The minimum Gasteiger partial charge on any atom is -0.459 e. The summed E-state index contributed by atoms with van der Waals surface area (Å²) >= 11 is 1.18. The van der Waals surface area contributed by atoms with Crippen LogP contribution in [0.3, 0.4) is 0 Å². The highest BCUT2D eigenvalue weighted by molar-refractivity contribution is 7.13. The highest BCUT2D eigenvalue weighted by Gasteiger charge is 2.43. The summed E-state index contributed by atoms with van der Waals surface area (Å²) in [7, 11) is 0. The molecule has 0 aromatic carbocycles. The van der Waals surface area contributed by atoms with E-state index in [1.54, 1.807) is 17.5 Å². The lowest BCUT2D eigenvalue weighted by molar-refractivity contribution is -0.184. The predicted octanol–water partition coefficient (Wildman–Crippen LogP) is 3.11. The average Bonchev–Trinajstić information content (AvgIpc) is 3.05. The number of hydrogen-bond acceptors (Lipinski definition) is 5. The quantitative estimate of drug-likeness (QED) is 0.477. The lowest BCUT2D eigenvalue weighted by Crippen LogP contribution is -2.39. The van der Waals surface area contributed by atoms with Crippen LogP contribution in [0, 0.1) is 11.8 Å². The number of amides is 1. The van der Waals surface area contributed by atoms with Gasteiger partial charge in [-0.05, 0) is 12.8 Å². The van der Waals surface area contributed by atoms with Crippen molar-refractivity contribution in [2.45, 2.75) is 25.2 Å². The summed E-state index contributed by atoms with van der Waals surface area (Å²) in [4.78, 5) is 28.1. The van der Waals surface area contributed by atoms with Gasteiger partial charge >= 0.3 is 18.3 Å². The Morgan fingerprint density at radius 2 is 2.00 bits per heavy atom. The van der Waals surface area contributed by atoms with E-state index in [9.17, 15) is 27.2 Å². The number of nitrogens with one attached hydrogen (secondary N) is 1. The van der Waals surface area contributed by atoms with Gasteiger partial charge in [0.2, 0.25) is 5.91 Å². The topological polar surface area (TPSA) is 68.3 Å². The first-order chi connectivity index (χ1) is 11.3. The van der Waals surface area contributed by atoms with Crippen LogP contribution in [0.25, 0.3) is 0 Å². The number of allylic oxidation sites excluding steroid dienone is 2. The third-order valence-corrected chi connectivity index (χ3v) is 4.15. The van der Waals surface area contributed by atoms with E-state index in [1.807, 2.05) is 0 Å². The fraction of sp³-hybridized carbons (Fsp3) is 0.500. The monoisotopic (exact) mass is 366 g/mol. The Labute approximate surface area is 138 Å². The lowest BCUT2D eigenvalue weighted by atomic mass is 9.82. The normalized spacial score (nSPS) is 20.9. The molecule has 1 aromatic heterocycles. The van der Waals surface area contributed by atoms with Crippen LogP contribution in [-0.2, 0) is 14.3 Å². The van der Waals surface area contributed by atoms with Crippen molar-refractivity contribution in [2.75, 3.05) is 11.9 Å². The van der Waals surface area contributed by atoms with Gasteiger partial charge in [-0.2, -0.15) is 8.78 Å². The van der Waals surface area contributed by atoms with Crippen molar-refractivity contribution < 1.29 is 31.9 Å². The van der Waals surface area contributed by atoms with E-state index < -0.39 is 42.7 Å². The van der Waals surface area contributed by atoms with E-state index in [-0.39, 0.29) is 12.8 Å². The molecular weight excluding hydrogens is 352 g/mol. The first kappa shape index (κ1) is 18.4. The van der Waals surface area contributed by atoms with Gasteiger partial charge in [-0.15, -0.1) is 11.3 Å². The van der Waals surface area contributed by atoms with E-state index in [2.05, 4.69) is 15.0 Å². The molecule has 0 bridgehead atoms. The van der Waals surface area contributed by atoms with Crippen LogP contribution in [0.4, 0.5) is 22.7 Å². The molecule has 132 valence electrons. The van der Waals surface area contributed by atoms with Gasteiger partial charge in [0.15, 0.2) is 11.7 Å². The second kappa shape index (κ2) is 7.73. The van der Waals surface area contributed by atoms with Crippen molar-refractivity contribution in [3.8, 4) is 0 Å². The second-order valence-electron chi connectivity index (χ2n) is 5.15. The van der Waals surface area contributed by atoms with Gasteiger partial charge in [-0.25, -0.2) is 13.8 Å². The molecule has 1 aromatic rings. The largest absolute Gasteiger partial charge is 0.459 e. The first-order valence-electron chi connectivity index (χ1n) is 6.99. The van der Waals surface area contributed by atoms with Crippen molar-refractivity contribution >= 4 is 28.3 Å². The van der Waals surface area contributed by atoms with E-state index >= 15 is 0 Å². The van der Waals surface area contributed by atoms with Crippen molar-refractivity contribution in [2.24, 2.45) is 11.8 Å². The number of esters is 1. The predicted molar refractivity (Wildman–Crippen MR) is 78.0 cm³/mol. The molecule has 2 atom stereocenters. The summed E-state index contributed by atoms with van der Waals surface area (Å²) in [6.07, 6.45) is 1.17. The Hall–Kier alpha value is -1.97. The Kier molecular flexibility index (Phi) is 5.92. The summed E-state index contributed by atoms with van der Waals surface area (Å²) < 4.78 is 54.2. The first-order valence-corrected chi connectivity index (χ1v) is 7.87. The van der Waals surface area contributed by atoms with Crippen LogP contribution in [-0.4, -0.2) is 35.8 Å². The molecule has 0 aliphatic heterocycles. The summed E-state index contributed by atoms with van der Waals surface area (Å²) in [6, 6.07) is 0. The van der Waals surface area contributed by atoms with Crippen molar-refractivity contribution in [3.63, 3.8) is 0 Å². The smallest absolute Gasteiger partial charge is 0.340 e. The van der Waals surface area contributed by atoms with Gasteiger partial charge in [-0.3, -0.25) is 9.59 Å². The number of anilines is 1. The fourth-order valence-corrected chi connectivity index (χ4v) is 2.72. The van der Waals surface area contributed by atoms with Crippen LogP contribution < -0.4 is 5.32 Å². The molecule has 0 unspecified atom stereocenters. The molecule has 5 nitrogen and oxygen atoms in total. The molecule has 24 heavy (non-hydrogen) atoms. The molecule has 10 heteroatoms. The Bertz CT molecular complexity index is 607. The number of alkyl halides is 4. The molecule has 1 amide bonds. The Balaban J connectivity index is 1.99. The number of ether oxygens (including phenoxy) is 1. The average molecular weight is 366 g/mol. The van der Waals surface area contributed by atoms with Gasteiger partial charge in [0, 0.05) is 11.6 Å². The Morgan fingerprint density at radius 3 is 2.58 bits per heavy atom. The molecule has 2 rings (SSSR count). The third kappa shape index (κ3) is 4.53. The van der Waals surface area contributed by atoms with Gasteiger partial charge in [0.1, 0.15) is 0 Å². The summed E-state index contributed by atoms with van der Waals surface area (Å²) in [5, 5.41) is 4.51. The zero-order valence-corrected chi connectivity index (χ0v) is 13.1. The lowest BCUT2D eigenvalue weighted by Gasteiger charge is -2.26. The molecule has 0 radical (unpaired) electrons. The molecule has 0 saturated carbocycles. The van der Waals surface area contributed by atoms with Gasteiger partial charge in [0.05, 0.1) is 11.8 Å². The molecule has 1 N–H and O–H groups in total. The van der Waals surface area contributed by atoms with Crippen LogP contribution >= 0.6 is 11.3 Å². The number of thiazole rings is 1. The zero-order valence-electron chi connectivity index (χ0n) is 12.3. The standard InChI is InChI=1S/C14H14F4N2O3S/c15-12(16)14(17,18)7-23-11(22)9-4-2-1-3-8(9)10(21)20-13-19-5-6-24-13/h1-2,5-6,8-9,12H,3-4,7H2,(H,19,20,21)/t8-,9+/m1/s1. The summed E-state index contributed by atoms with van der Waals surface area (Å²) in [5.74, 6) is -7.87. The van der Waals surface area contributed by atoms with Crippen LogP contribution in [0.15, 0.2) is 23.7 Å². The van der Waals surface area contributed by atoms with Gasteiger partial charge in [-0.1, -0.05) is 12.2 Å². The van der Waals surface area contributed by atoms with Crippen LogP contribution in [0.2, 0.25) is 0 Å². The van der Waals surface area contributed by atoms with E-state index in [0.717, 1.165) is 0 Å². The molecule has 0 fully saturated rings. The number of carbonyl (C=O) groups is 2. The number of rotatable bonds is 6. The molecule has 1 aliphatic rings. The molecule has 0 spiro atoms. The maximum absolute atomic E-state index is 12.9. The number of carbonyl (C=O) groups excluding carboxylic acids is 2. The summed E-state index contributed by atoms with van der Waals surface area (Å²) in [5.41, 5.74) is 0. The van der Waals surface area contributed by atoms with Crippen molar-refractivity contribution in [3.05, 3.63) is 23.7 Å². The minimum atomic E-state index is -4.42. The molecule has 0 saturated heterocycles. The highest BCUT2D eigenvalue weighted by atomic mass is 32.1. The highest BCUT2D eigenvalue weighted by Crippen LogP contribution is 2.30. The van der Waals surface area contributed by atoms with E-state index in [0.29, 0.717) is 5.13 Å². The van der Waals surface area contributed by atoms with E-state index in [4.69, 9.17) is 0 Å². The molecular formula is C14H14F4N2O3S. The maximum atomic E-state index is 12.9. The van der Waals surface area contributed by atoms with Crippen LogP contribution in [0.5, 0.6) is 0 Å². The zero-order chi connectivity index (χ0) is 17.7. The van der Waals surface area contributed by atoms with Crippen molar-refractivity contribution in [1.82, 2.24) is 4.98 Å². The summed E-state index contributed by atoms with van der Waals surface area (Å²) in [6.45, 7) is -1.72. The number of nitrogens with zero attached hydrogens (tertiary/aromatic N) is 1. The van der Waals surface area contributed by atoms with Gasteiger partial charge in [0.25, 0.3) is 0 Å². The molecule has 1 heterocycles. The number of hydrogen-bond donors (Lipinski definition) is 1. The fourth-order valence-electron chi connectivity index (χ4n) is 2.19. The Morgan fingerprint density at radius 1 is 1.33 bits per heavy atom. The third-order valence-electron chi connectivity index (χ3n) is 3.46. The minimum absolute atomic E-state index is 0.106. The SMILES string of the molecule is O=C(OCC(F)(F)C(F)F)[C@H]1CC=CC[C@H]1C(=O)Nc1nccs1. The number of aromatic nitrogens is 1.